The number of anilines is 8. The number of hydrogen-bond donors (Lipinski definition) is 8. The molecule has 0 radical (unpaired) electrons. The molecule has 0 aliphatic rings. The highest BCUT2D eigenvalue weighted by atomic mass is 19.4. The Morgan fingerprint density at radius 2 is 0.592 bits per heavy atom. The van der Waals surface area contributed by atoms with E-state index in [1.807, 2.05) is 167 Å². The van der Waals surface area contributed by atoms with Gasteiger partial charge in [-0.2, -0.15) is 52.7 Å². The molecular weight excluding hydrogens is 1900 g/mol. The topological polar surface area (TPSA) is 290 Å². The minimum Gasteiger partial charge on any atom is -0.457 e. The maximum absolute atomic E-state index is 14.4. The number of hydrogen-bond acceptors (Lipinski definition) is 16. The third-order valence-corrected chi connectivity index (χ3v) is 23.6. The molecule has 0 fully saturated rings. The summed E-state index contributed by atoms with van der Waals surface area (Å²) in [4.78, 5) is 4.39. The monoisotopic (exact) mass is 2000 g/mol. The number of nitrogen functional groups attached to an aromatic ring is 8. The van der Waals surface area contributed by atoms with Crippen molar-refractivity contribution in [2.24, 2.45) is 0 Å². The maximum Gasteiger partial charge on any atom is 0.420 e. The van der Waals surface area contributed by atoms with E-state index < -0.39 is 52.4 Å². The van der Waals surface area contributed by atoms with Crippen LogP contribution in [0, 0.1) is 69.2 Å². The van der Waals surface area contributed by atoms with E-state index in [9.17, 15) is 52.7 Å². The van der Waals surface area contributed by atoms with E-state index in [4.69, 9.17) is 78.7 Å². The number of ether oxygens (including phenoxy) is 6. The standard InChI is InChI=1S/C28H21F6NO2.C27H22F3NO2.C19H17NO2.C18H23N.C14H13F3N2.C13H11N3O/c1-18-2-10-22(11-3-18)36-23-12-4-19(5-13-23)26(27(29,30)31,28(32,33)34)20-6-14-24(15-7-20)37-25-16-8-21(35)9-17-25;1-17-3-13-25(18(2)15-17)32-22-9-4-19(5-10-22)20-6-11-23(12-7-20)33-26-14-8-21(31)16-24(26)27(28,29)30;1-14-5-9-16(10-6-14)21-18-3-2-4-19(13-18)22-17-11-7-15(20)8-12-17;1-11-6-16(7-12(2)15(11)5)10-17-8-13(3)18(19)14(4)9-17;1-8-6-9(18)2-4-11(8)12-5-3-10(19)7-13(12)14(15,16)17;14-9-3-1-8(2-4-9)13-16-11-7-10(15)5-6-12(11)17-13/h2-17H,35H2,1H3;3-16H,31H2,1-2H3;2-13H,20H2,1H3;6-9H,10,19H2,1-5H3;2-7H,18-19H2,1H3;1-7H,14-15H2. The molecule has 18 aromatic rings. The Hall–Kier alpha value is -17.4. The van der Waals surface area contributed by atoms with Crippen LogP contribution in [0.5, 0.6) is 69.0 Å². The third kappa shape index (κ3) is 28.3. The Morgan fingerprint density at radius 3 is 1.02 bits per heavy atom. The van der Waals surface area contributed by atoms with Crippen LogP contribution in [0.3, 0.4) is 0 Å². The minimum absolute atomic E-state index is 0.0231. The summed E-state index contributed by atoms with van der Waals surface area (Å²) in [6.45, 7) is 20.4. The molecule has 28 heteroatoms. The fraction of sp³-hybridized carbons (Fsp3) is 0.134. The van der Waals surface area contributed by atoms with Gasteiger partial charge in [0.1, 0.15) is 80.1 Å². The molecule has 1 aromatic heterocycles. The van der Waals surface area contributed by atoms with Gasteiger partial charge >= 0.3 is 24.7 Å². The first-order valence-electron chi connectivity index (χ1n) is 46.1. The highest BCUT2D eigenvalue weighted by Crippen LogP contribution is 2.57. The van der Waals surface area contributed by atoms with Crippen molar-refractivity contribution in [3.8, 4) is 103 Å². The number of oxazole rings is 1. The smallest absolute Gasteiger partial charge is 0.420 e. The van der Waals surface area contributed by atoms with Gasteiger partial charge in [0.15, 0.2) is 5.58 Å². The van der Waals surface area contributed by atoms with Crippen LogP contribution in [0.1, 0.15) is 89.0 Å². The second-order valence-electron chi connectivity index (χ2n) is 35.1. The van der Waals surface area contributed by atoms with Crippen molar-refractivity contribution in [1.29, 1.82) is 0 Å². The van der Waals surface area contributed by atoms with E-state index in [0.717, 1.165) is 140 Å². The summed E-state index contributed by atoms with van der Waals surface area (Å²) in [7, 11) is 0. The number of alkyl halides is 12. The van der Waals surface area contributed by atoms with Gasteiger partial charge in [0.05, 0.1) is 5.56 Å². The summed E-state index contributed by atoms with van der Waals surface area (Å²) in [6.07, 6.45) is -19.4. The number of aryl methyl sites for hydroxylation is 9. The Kier molecular flexibility index (Phi) is 33.7. The summed E-state index contributed by atoms with van der Waals surface area (Å²) in [5.41, 5.74) is 60.5. The van der Waals surface area contributed by atoms with Gasteiger partial charge in [-0.25, -0.2) is 4.98 Å². The number of nitrogens with zero attached hydrogens (tertiary/aromatic N) is 1. The molecule has 0 saturated heterocycles. The number of halogens is 12. The van der Waals surface area contributed by atoms with Crippen molar-refractivity contribution in [3.05, 3.63) is 447 Å². The lowest BCUT2D eigenvalue weighted by atomic mass is 9.73. The van der Waals surface area contributed by atoms with Gasteiger partial charge in [-0.3, -0.25) is 0 Å². The zero-order valence-corrected chi connectivity index (χ0v) is 81.7. The lowest BCUT2D eigenvalue weighted by Gasteiger charge is -2.38. The van der Waals surface area contributed by atoms with Crippen LogP contribution in [-0.4, -0.2) is 17.3 Å². The van der Waals surface area contributed by atoms with Crippen LogP contribution in [-0.2, 0) is 24.2 Å². The first-order valence-corrected chi connectivity index (χ1v) is 46.1. The van der Waals surface area contributed by atoms with Gasteiger partial charge < -0.3 is 78.7 Å². The molecule has 0 aliphatic heterocycles. The molecule has 0 bridgehead atoms. The van der Waals surface area contributed by atoms with Crippen molar-refractivity contribution in [2.45, 2.75) is 106 Å². The molecule has 17 aromatic carbocycles. The van der Waals surface area contributed by atoms with Gasteiger partial charge in [0.2, 0.25) is 11.3 Å². The zero-order valence-electron chi connectivity index (χ0n) is 81.7. The molecule has 0 spiro atoms. The normalized spacial score (nSPS) is 11.3. The molecule has 16 nitrogen and oxygen atoms in total. The van der Waals surface area contributed by atoms with Crippen LogP contribution in [0.2, 0.25) is 0 Å². The summed E-state index contributed by atoms with van der Waals surface area (Å²) in [6, 6.07) is 97.5. The van der Waals surface area contributed by atoms with E-state index in [-0.39, 0.29) is 34.2 Å². The first kappa shape index (κ1) is 107. The van der Waals surface area contributed by atoms with E-state index >= 15 is 0 Å². The predicted molar refractivity (Wildman–Crippen MR) is 563 cm³/mol. The maximum atomic E-state index is 14.4. The summed E-state index contributed by atoms with van der Waals surface area (Å²) in [5.74, 6) is 5.96. The number of rotatable bonds is 19. The lowest BCUT2D eigenvalue weighted by Crippen LogP contribution is -2.54. The molecule has 0 saturated carbocycles. The summed E-state index contributed by atoms with van der Waals surface area (Å²) < 4.78 is 205. The van der Waals surface area contributed by atoms with Crippen LogP contribution in [0.4, 0.5) is 98.2 Å². The van der Waals surface area contributed by atoms with Crippen LogP contribution in [0.15, 0.2) is 362 Å². The third-order valence-electron chi connectivity index (χ3n) is 23.6. The van der Waals surface area contributed by atoms with Crippen LogP contribution < -0.4 is 74.3 Å². The Balaban J connectivity index is 0.000000151. The summed E-state index contributed by atoms with van der Waals surface area (Å²) >= 11 is 0. The molecule has 147 heavy (non-hydrogen) atoms. The van der Waals surface area contributed by atoms with Crippen molar-refractivity contribution >= 4 is 56.6 Å². The first-order chi connectivity index (χ1) is 69.7. The van der Waals surface area contributed by atoms with Crippen LogP contribution in [0.25, 0.3) is 44.8 Å². The molecule has 754 valence electrons. The Morgan fingerprint density at radius 1 is 0.259 bits per heavy atom. The second kappa shape index (κ2) is 46.3. The molecule has 0 unspecified atom stereocenters. The minimum atomic E-state index is -5.70. The van der Waals surface area contributed by atoms with E-state index in [1.54, 1.807) is 97.9 Å². The zero-order chi connectivity index (χ0) is 106. The molecule has 0 amide bonds. The van der Waals surface area contributed by atoms with Gasteiger partial charge in [-0.1, -0.05) is 144 Å². The summed E-state index contributed by atoms with van der Waals surface area (Å²) in [5, 5.41) is 0. The number of benzene rings is 17. The SMILES string of the molecule is Cc1cc(Cc2cc(C)c(N)c(C)c2)cc(C)c1C.Cc1cc(N)ccc1-c1ccc(N)cc1C(F)(F)F.Cc1ccc(Oc2ccc(-c3ccc(Oc4ccc(N)cc4C(F)(F)F)cc3)cc2)c(C)c1.Cc1ccc(Oc2ccc(C(c3ccc(Oc4ccc(N)cc4)cc3)(C(F)(F)F)C(F)(F)F)cc2)cc1.Cc1ccc(Oc2cccc(Oc3ccc(N)cc3)c2)cc1.Nc1ccc(-c2nc3cc(N)ccc3o2)cc1. The Labute approximate surface area is 843 Å². The fourth-order valence-corrected chi connectivity index (χ4v) is 15.8. The second-order valence-corrected chi connectivity index (χ2v) is 35.1. The molecule has 0 atom stereocenters. The van der Waals surface area contributed by atoms with Gasteiger partial charge in [0, 0.05) is 57.1 Å². The van der Waals surface area contributed by atoms with E-state index in [0.29, 0.717) is 68.5 Å². The quantitative estimate of drug-likeness (QED) is 0.0276. The lowest BCUT2D eigenvalue weighted by molar-refractivity contribution is -0.288. The van der Waals surface area contributed by atoms with Gasteiger partial charge in [0.25, 0.3) is 0 Å². The Bertz CT molecular complexity index is 7270. The van der Waals surface area contributed by atoms with E-state index in [1.165, 1.54) is 86.5 Å². The highest BCUT2D eigenvalue weighted by molar-refractivity contribution is 5.80. The highest BCUT2D eigenvalue weighted by Gasteiger charge is 2.72. The number of nitrogens with two attached hydrogens (primary N) is 8. The van der Waals surface area contributed by atoms with Crippen molar-refractivity contribution in [2.75, 3.05) is 45.9 Å². The average molecular weight is 2000 g/mol. The largest absolute Gasteiger partial charge is 0.457 e. The molecule has 0 aliphatic carbocycles. The van der Waals surface area contributed by atoms with Gasteiger partial charge in [-0.15, -0.1) is 0 Å². The van der Waals surface area contributed by atoms with E-state index in [2.05, 4.69) is 69.9 Å². The predicted octanol–water partition coefficient (Wildman–Crippen LogP) is 32.8. The number of aromatic nitrogens is 1. The molecule has 18 rings (SSSR count). The van der Waals surface area contributed by atoms with Gasteiger partial charge in [-0.05, 0) is 384 Å². The van der Waals surface area contributed by atoms with Crippen LogP contribution >= 0.6 is 0 Å². The molecule has 16 N–H and O–H groups in total. The average Bonchev–Trinajstić information content (AvgIpc) is 1.17. The van der Waals surface area contributed by atoms with Crippen molar-refractivity contribution in [1.82, 2.24) is 4.98 Å². The molecular formula is C119H107F12N9O7. The van der Waals surface area contributed by atoms with Crippen molar-refractivity contribution in [3.63, 3.8) is 0 Å². The number of fused-ring (bicyclic) bond motifs is 1. The fourth-order valence-electron chi connectivity index (χ4n) is 15.8. The van der Waals surface area contributed by atoms with Crippen molar-refractivity contribution < 1.29 is 85.5 Å². The molecule has 1 heterocycles.